The molecule has 1 aromatic heterocycles. The van der Waals surface area contributed by atoms with Crippen molar-refractivity contribution in [2.45, 2.75) is 13.8 Å². The number of hydrogen-bond donors (Lipinski definition) is 1. The summed E-state index contributed by atoms with van der Waals surface area (Å²) in [4.78, 5) is 9.09. The molecule has 0 fully saturated rings. The number of nitrogens with zero attached hydrogens (tertiary/aromatic N) is 2. The standard InChI is InChI=1S/C13H11N3O.C2H6/c14-8-17-12-7-3-6-11-13(12)16-10-5-2-1-4-9(10)15-11;1-2/h1-7H,8,14H2;1-2H3. The van der Waals surface area contributed by atoms with Gasteiger partial charge in [-0.1, -0.05) is 32.0 Å². The van der Waals surface area contributed by atoms with Gasteiger partial charge in [0, 0.05) is 0 Å². The molecule has 0 aliphatic carbocycles. The van der Waals surface area contributed by atoms with Crippen molar-refractivity contribution in [3.8, 4) is 5.75 Å². The Balaban J connectivity index is 0.000000637. The van der Waals surface area contributed by atoms with E-state index >= 15 is 0 Å². The number of fused-ring (bicyclic) bond motifs is 2. The molecule has 2 N–H and O–H groups in total. The molecule has 0 amide bonds. The summed E-state index contributed by atoms with van der Waals surface area (Å²) in [6.07, 6.45) is 0. The van der Waals surface area contributed by atoms with E-state index in [9.17, 15) is 0 Å². The largest absolute Gasteiger partial charge is 0.476 e. The SMILES string of the molecule is CC.NCOc1cccc2nc3ccccc3nc12. The van der Waals surface area contributed by atoms with Crippen LogP contribution >= 0.6 is 0 Å². The van der Waals surface area contributed by atoms with Gasteiger partial charge in [0.25, 0.3) is 0 Å². The van der Waals surface area contributed by atoms with Crippen LogP contribution in [-0.4, -0.2) is 16.7 Å². The van der Waals surface area contributed by atoms with Crippen molar-refractivity contribution in [3.63, 3.8) is 0 Å². The van der Waals surface area contributed by atoms with E-state index in [2.05, 4.69) is 9.97 Å². The molecule has 0 saturated heterocycles. The minimum absolute atomic E-state index is 0.133. The van der Waals surface area contributed by atoms with Crippen LogP contribution in [0.15, 0.2) is 42.5 Å². The predicted octanol–water partition coefficient (Wildman–Crippen LogP) is 3.10. The maximum absolute atomic E-state index is 5.39. The molecule has 0 aliphatic rings. The van der Waals surface area contributed by atoms with E-state index in [1.54, 1.807) is 0 Å². The molecule has 0 atom stereocenters. The topological polar surface area (TPSA) is 61.0 Å². The maximum Gasteiger partial charge on any atom is 0.149 e. The molecule has 4 nitrogen and oxygen atoms in total. The molecule has 0 bridgehead atoms. The third kappa shape index (κ3) is 2.63. The fourth-order valence-electron chi connectivity index (χ4n) is 1.82. The summed E-state index contributed by atoms with van der Waals surface area (Å²) in [5.74, 6) is 0.670. The first-order valence-corrected chi connectivity index (χ1v) is 6.37. The molecule has 2 aromatic carbocycles. The summed E-state index contributed by atoms with van der Waals surface area (Å²) in [5.41, 5.74) is 8.69. The zero-order chi connectivity index (χ0) is 13.7. The average molecular weight is 255 g/mol. The monoisotopic (exact) mass is 255 g/mol. The normalized spacial score (nSPS) is 10.1. The van der Waals surface area contributed by atoms with E-state index in [-0.39, 0.29) is 6.73 Å². The van der Waals surface area contributed by atoms with Crippen molar-refractivity contribution < 1.29 is 4.74 Å². The summed E-state index contributed by atoms with van der Waals surface area (Å²) < 4.78 is 5.34. The molecule has 0 unspecified atom stereocenters. The second-order valence-corrected chi connectivity index (χ2v) is 3.65. The quantitative estimate of drug-likeness (QED) is 0.564. The van der Waals surface area contributed by atoms with Gasteiger partial charge in [-0.25, -0.2) is 9.97 Å². The maximum atomic E-state index is 5.39. The Bertz CT molecular complexity index is 682. The van der Waals surface area contributed by atoms with Gasteiger partial charge in [-0.15, -0.1) is 0 Å². The number of aromatic nitrogens is 2. The second kappa shape index (κ2) is 6.11. The lowest BCUT2D eigenvalue weighted by molar-refractivity contribution is 0.333. The van der Waals surface area contributed by atoms with E-state index in [1.165, 1.54) is 0 Å². The van der Waals surface area contributed by atoms with Crippen molar-refractivity contribution in [2.24, 2.45) is 5.73 Å². The molecule has 3 rings (SSSR count). The van der Waals surface area contributed by atoms with Gasteiger partial charge < -0.3 is 4.74 Å². The lowest BCUT2D eigenvalue weighted by atomic mass is 10.2. The smallest absolute Gasteiger partial charge is 0.149 e. The number of benzene rings is 2. The first-order valence-electron chi connectivity index (χ1n) is 6.37. The van der Waals surface area contributed by atoms with E-state index in [4.69, 9.17) is 10.5 Å². The van der Waals surface area contributed by atoms with Gasteiger partial charge in [0.15, 0.2) is 0 Å². The molecule has 3 aromatic rings. The van der Waals surface area contributed by atoms with Crippen LogP contribution in [-0.2, 0) is 0 Å². The summed E-state index contributed by atoms with van der Waals surface area (Å²) in [6.45, 7) is 4.13. The fourth-order valence-corrected chi connectivity index (χ4v) is 1.82. The Hall–Kier alpha value is -2.20. The molecular formula is C15H17N3O. The Morgan fingerprint density at radius 1 is 0.895 bits per heavy atom. The van der Waals surface area contributed by atoms with Gasteiger partial charge in [-0.05, 0) is 24.3 Å². The van der Waals surface area contributed by atoms with Crippen LogP contribution in [0, 0.1) is 0 Å². The highest BCUT2D eigenvalue weighted by Crippen LogP contribution is 2.24. The Labute approximate surface area is 112 Å². The van der Waals surface area contributed by atoms with Gasteiger partial charge in [0.05, 0.1) is 16.6 Å². The van der Waals surface area contributed by atoms with E-state index in [0.29, 0.717) is 5.75 Å². The van der Waals surface area contributed by atoms with Crippen molar-refractivity contribution >= 4 is 22.1 Å². The van der Waals surface area contributed by atoms with E-state index < -0.39 is 0 Å². The number of nitrogens with two attached hydrogens (primary N) is 1. The Morgan fingerprint density at radius 2 is 1.53 bits per heavy atom. The van der Waals surface area contributed by atoms with Crippen molar-refractivity contribution in [1.29, 1.82) is 0 Å². The third-order valence-electron chi connectivity index (χ3n) is 2.57. The number of para-hydroxylation sites is 3. The summed E-state index contributed by atoms with van der Waals surface area (Å²) >= 11 is 0. The molecule has 0 aliphatic heterocycles. The fraction of sp³-hybridized carbons (Fsp3) is 0.200. The lowest BCUT2D eigenvalue weighted by Crippen LogP contribution is -2.07. The summed E-state index contributed by atoms with van der Waals surface area (Å²) in [6, 6.07) is 13.4. The molecule has 1 heterocycles. The first-order chi connectivity index (χ1) is 9.38. The van der Waals surface area contributed by atoms with Crippen LogP contribution in [0.4, 0.5) is 0 Å². The second-order valence-electron chi connectivity index (χ2n) is 3.65. The van der Waals surface area contributed by atoms with Crippen LogP contribution in [0.1, 0.15) is 13.8 Å². The highest BCUT2D eigenvalue weighted by Gasteiger charge is 2.05. The minimum Gasteiger partial charge on any atom is -0.476 e. The Kier molecular flexibility index (Phi) is 4.26. The predicted molar refractivity (Wildman–Crippen MR) is 78.1 cm³/mol. The van der Waals surface area contributed by atoms with Crippen molar-refractivity contribution in [3.05, 3.63) is 42.5 Å². The molecule has 0 saturated carbocycles. The third-order valence-corrected chi connectivity index (χ3v) is 2.57. The summed E-state index contributed by atoms with van der Waals surface area (Å²) in [5, 5.41) is 0. The average Bonchev–Trinajstić information content (AvgIpc) is 2.48. The van der Waals surface area contributed by atoms with Crippen LogP contribution in [0.3, 0.4) is 0 Å². The van der Waals surface area contributed by atoms with Crippen LogP contribution < -0.4 is 10.5 Å². The van der Waals surface area contributed by atoms with Crippen LogP contribution in [0.5, 0.6) is 5.75 Å². The number of hydrogen-bond acceptors (Lipinski definition) is 4. The van der Waals surface area contributed by atoms with Gasteiger partial charge in [0.2, 0.25) is 0 Å². The summed E-state index contributed by atoms with van der Waals surface area (Å²) in [7, 11) is 0. The molecule has 0 radical (unpaired) electrons. The lowest BCUT2D eigenvalue weighted by Gasteiger charge is -2.06. The van der Waals surface area contributed by atoms with Gasteiger partial charge in [0.1, 0.15) is 18.0 Å². The van der Waals surface area contributed by atoms with Crippen molar-refractivity contribution in [1.82, 2.24) is 9.97 Å². The van der Waals surface area contributed by atoms with Crippen molar-refractivity contribution in [2.75, 3.05) is 6.73 Å². The first kappa shape index (κ1) is 13.2. The molecule has 4 heteroatoms. The number of rotatable bonds is 2. The number of ether oxygens (including phenoxy) is 1. The molecule has 0 spiro atoms. The van der Waals surface area contributed by atoms with Crippen LogP contribution in [0.2, 0.25) is 0 Å². The molecule has 19 heavy (non-hydrogen) atoms. The Morgan fingerprint density at radius 3 is 2.21 bits per heavy atom. The van der Waals surface area contributed by atoms with E-state index in [1.807, 2.05) is 56.3 Å². The van der Waals surface area contributed by atoms with Crippen LogP contribution in [0.25, 0.3) is 22.1 Å². The van der Waals surface area contributed by atoms with Gasteiger partial charge in [-0.2, -0.15) is 0 Å². The minimum atomic E-state index is 0.133. The highest BCUT2D eigenvalue weighted by molar-refractivity contribution is 5.89. The zero-order valence-electron chi connectivity index (χ0n) is 11.1. The molecule has 98 valence electrons. The highest BCUT2D eigenvalue weighted by atomic mass is 16.5. The van der Waals surface area contributed by atoms with Gasteiger partial charge in [-0.3, -0.25) is 5.73 Å². The molecular weight excluding hydrogens is 238 g/mol. The zero-order valence-corrected chi connectivity index (χ0v) is 11.1. The van der Waals surface area contributed by atoms with Gasteiger partial charge >= 0.3 is 0 Å². The van der Waals surface area contributed by atoms with E-state index in [0.717, 1.165) is 22.1 Å².